The molecule has 0 aliphatic heterocycles. The number of hydrogen-bond acceptors (Lipinski definition) is 3. The molecular formula is C12H16O2S. The topological polar surface area (TPSA) is 26.3 Å². The van der Waals surface area contributed by atoms with Crippen LogP contribution in [0.4, 0.5) is 0 Å². The highest BCUT2D eigenvalue weighted by molar-refractivity contribution is 7.11. The molecule has 0 amide bonds. The van der Waals surface area contributed by atoms with Gasteiger partial charge in [0, 0.05) is 0 Å². The Morgan fingerprint density at radius 3 is 2.93 bits per heavy atom. The summed E-state index contributed by atoms with van der Waals surface area (Å²) in [5.41, 5.74) is 0. The molecule has 1 saturated carbocycles. The maximum Gasteiger partial charge on any atom is 0.315 e. The van der Waals surface area contributed by atoms with Gasteiger partial charge in [-0.15, -0.1) is 11.3 Å². The molecule has 0 radical (unpaired) electrons. The second kappa shape index (κ2) is 4.79. The summed E-state index contributed by atoms with van der Waals surface area (Å²) in [4.78, 5) is 11.9. The number of carbonyl (C=O) groups excluding carboxylic acids is 1. The minimum Gasteiger partial charge on any atom is -0.415 e. The summed E-state index contributed by atoms with van der Waals surface area (Å²) in [6.45, 7) is 2.15. The van der Waals surface area contributed by atoms with Crippen LogP contribution < -0.4 is 4.74 Å². The molecule has 1 aliphatic carbocycles. The van der Waals surface area contributed by atoms with E-state index in [1.807, 2.05) is 17.5 Å². The Morgan fingerprint density at radius 1 is 1.47 bits per heavy atom. The van der Waals surface area contributed by atoms with Gasteiger partial charge in [-0.05, 0) is 36.3 Å². The first-order valence-corrected chi connectivity index (χ1v) is 6.40. The fraction of sp³-hybridized carbons (Fsp3) is 0.583. The van der Waals surface area contributed by atoms with Crippen molar-refractivity contribution < 1.29 is 9.53 Å². The summed E-state index contributed by atoms with van der Waals surface area (Å²) in [5, 5.41) is 2.64. The molecular weight excluding hydrogens is 208 g/mol. The molecule has 15 heavy (non-hydrogen) atoms. The molecule has 2 unspecified atom stereocenters. The van der Waals surface area contributed by atoms with E-state index >= 15 is 0 Å². The minimum absolute atomic E-state index is 0.0374. The summed E-state index contributed by atoms with van der Waals surface area (Å²) < 4.78 is 5.34. The molecule has 1 aliphatic rings. The van der Waals surface area contributed by atoms with Crippen molar-refractivity contribution in [2.75, 3.05) is 0 Å². The van der Waals surface area contributed by atoms with Gasteiger partial charge in [0.05, 0.1) is 5.92 Å². The lowest BCUT2D eigenvalue weighted by Crippen LogP contribution is -2.28. The lowest BCUT2D eigenvalue weighted by Gasteiger charge is -2.26. The molecule has 0 saturated heterocycles. The molecule has 0 spiro atoms. The molecule has 0 N–H and O–H groups in total. The van der Waals surface area contributed by atoms with Crippen molar-refractivity contribution >= 4 is 17.3 Å². The van der Waals surface area contributed by atoms with Crippen molar-refractivity contribution in [1.82, 2.24) is 0 Å². The number of hydrogen-bond donors (Lipinski definition) is 0. The molecule has 0 bridgehead atoms. The van der Waals surface area contributed by atoms with Crippen LogP contribution in [0.2, 0.25) is 0 Å². The van der Waals surface area contributed by atoms with Crippen LogP contribution in [0, 0.1) is 11.8 Å². The molecule has 82 valence electrons. The third-order valence-corrected chi connectivity index (χ3v) is 3.86. The quantitative estimate of drug-likeness (QED) is 0.719. The van der Waals surface area contributed by atoms with Gasteiger partial charge in [0.25, 0.3) is 0 Å². The van der Waals surface area contributed by atoms with E-state index in [9.17, 15) is 4.79 Å². The molecule has 2 atom stereocenters. The van der Waals surface area contributed by atoms with Crippen molar-refractivity contribution in [3.05, 3.63) is 17.5 Å². The zero-order valence-electron chi connectivity index (χ0n) is 8.94. The van der Waals surface area contributed by atoms with E-state index in [2.05, 4.69) is 6.92 Å². The highest BCUT2D eigenvalue weighted by atomic mass is 32.1. The SMILES string of the molecule is CC1CCCCC1C(=O)Oc1cccs1. The third-order valence-electron chi connectivity index (χ3n) is 3.11. The standard InChI is InChI=1S/C12H16O2S/c1-9-5-2-3-6-10(9)12(13)14-11-7-4-8-15-11/h4,7-10H,2-3,5-6H2,1H3. The van der Waals surface area contributed by atoms with Gasteiger partial charge >= 0.3 is 5.97 Å². The van der Waals surface area contributed by atoms with Crippen molar-refractivity contribution in [2.45, 2.75) is 32.6 Å². The fourth-order valence-electron chi connectivity index (χ4n) is 2.16. The van der Waals surface area contributed by atoms with Gasteiger partial charge in [-0.3, -0.25) is 4.79 Å². The second-order valence-electron chi connectivity index (χ2n) is 4.22. The Bertz CT molecular complexity index is 318. The zero-order chi connectivity index (χ0) is 10.7. The van der Waals surface area contributed by atoms with Gasteiger partial charge in [0.15, 0.2) is 5.06 Å². The van der Waals surface area contributed by atoms with Crippen molar-refractivity contribution in [3.8, 4) is 5.06 Å². The smallest absolute Gasteiger partial charge is 0.315 e. The molecule has 1 aromatic heterocycles. The third kappa shape index (κ3) is 2.59. The number of ether oxygens (including phenoxy) is 1. The maximum atomic E-state index is 11.9. The van der Waals surface area contributed by atoms with Crippen molar-refractivity contribution in [2.24, 2.45) is 11.8 Å². The lowest BCUT2D eigenvalue weighted by molar-refractivity contribution is -0.141. The predicted molar refractivity (Wildman–Crippen MR) is 61.1 cm³/mol. The zero-order valence-corrected chi connectivity index (χ0v) is 9.76. The van der Waals surface area contributed by atoms with Crippen LogP contribution in [0.3, 0.4) is 0 Å². The first-order chi connectivity index (χ1) is 7.27. The first kappa shape index (κ1) is 10.7. The summed E-state index contributed by atoms with van der Waals surface area (Å²) in [5.74, 6) is 0.553. The normalized spacial score (nSPS) is 26.2. The van der Waals surface area contributed by atoms with Crippen LogP contribution in [0.5, 0.6) is 5.06 Å². The Labute approximate surface area is 94.3 Å². The van der Waals surface area contributed by atoms with Crippen LogP contribution in [-0.2, 0) is 4.79 Å². The van der Waals surface area contributed by atoms with Crippen LogP contribution in [-0.4, -0.2) is 5.97 Å². The monoisotopic (exact) mass is 224 g/mol. The molecule has 1 fully saturated rings. The summed E-state index contributed by atoms with van der Waals surface area (Å²) in [6, 6.07) is 3.74. The van der Waals surface area contributed by atoms with Crippen LogP contribution in [0.15, 0.2) is 17.5 Å². The van der Waals surface area contributed by atoms with Crippen molar-refractivity contribution in [1.29, 1.82) is 0 Å². The van der Waals surface area contributed by atoms with E-state index in [4.69, 9.17) is 4.74 Å². The Balaban J connectivity index is 1.95. The van der Waals surface area contributed by atoms with Gasteiger partial charge in [-0.25, -0.2) is 0 Å². The van der Waals surface area contributed by atoms with Crippen LogP contribution >= 0.6 is 11.3 Å². The van der Waals surface area contributed by atoms with Gasteiger partial charge in [0.1, 0.15) is 0 Å². The molecule has 1 heterocycles. The van der Waals surface area contributed by atoms with Gasteiger partial charge in [-0.2, -0.15) is 0 Å². The predicted octanol–water partition coefficient (Wildman–Crippen LogP) is 3.48. The largest absolute Gasteiger partial charge is 0.415 e. The van der Waals surface area contributed by atoms with E-state index in [1.54, 1.807) is 0 Å². The first-order valence-electron chi connectivity index (χ1n) is 5.52. The lowest BCUT2D eigenvalue weighted by atomic mass is 9.80. The van der Waals surface area contributed by atoms with E-state index < -0.39 is 0 Å². The van der Waals surface area contributed by atoms with Gasteiger partial charge in [-0.1, -0.05) is 19.8 Å². The molecule has 2 rings (SSSR count). The number of thiophene rings is 1. The van der Waals surface area contributed by atoms with Gasteiger partial charge in [0.2, 0.25) is 0 Å². The highest BCUT2D eigenvalue weighted by Crippen LogP contribution is 2.31. The Hall–Kier alpha value is -0.830. The van der Waals surface area contributed by atoms with Crippen LogP contribution in [0.1, 0.15) is 32.6 Å². The molecule has 0 aromatic carbocycles. The molecule has 2 nitrogen and oxygen atoms in total. The summed E-state index contributed by atoms with van der Waals surface area (Å²) in [6.07, 6.45) is 4.56. The number of rotatable bonds is 2. The Kier molecular flexibility index (Phi) is 3.41. The van der Waals surface area contributed by atoms with E-state index in [1.165, 1.54) is 17.8 Å². The molecule has 3 heteroatoms. The average Bonchev–Trinajstić information content (AvgIpc) is 2.71. The average molecular weight is 224 g/mol. The van der Waals surface area contributed by atoms with E-state index in [0.717, 1.165) is 24.3 Å². The summed E-state index contributed by atoms with van der Waals surface area (Å²) in [7, 11) is 0. The fourth-order valence-corrected chi connectivity index (χ4v) is 2.74. The summed E-state index contributed by atoms with van der Waals surface area (Å²) >= 11 is 1.47. The van der Waals surface area contributed by atoms with Gasteiger partial charge < -0.3 is 4.74 Å². The number of esters is 1. The maximum absolute atomic E-state index is 11.9. The second-order valence-corrected chi connectivity index (χ2v) is 5.13. The Morgan fingerprint density at radius 2 is 2.27 bits per heavy atom. The van der Waals surface area contributed by atoms with E-state index in [0.29, 0.717) is 5.92 Å². The van der Waals surface area contributed by atoms with Crippen molar-refractivity contribution in [3.63, 3.8) is 0 Å². The molecule has 1 aromatic rings. The minimum atomic E-state index is -0.0374. The number of carbonyl (C=O) groups is 1. The highest BCUT2D eigenvalue weighted by Gasteiger charge is 2.29. The van der Waals surface area contributed by atoms with Crippen LogP contribution in [0.25, 0.3) is 0 Å². The van der Waals surface area contributed by atoms with E-state index in [-0.39, 0.29) is 11.9 Å².